The quantitative estimate of drug-likeness (QED) is 0.847. The van der Waals surface area contributed by atoms with Gasteiger partial charge in [0.05, 0.1) is 17.7 Å². The molecule has 4 rings (SSSR count). The lowest BCUT2D eigenvalue weighted by Gasteiger charge is -2.37. The maximum absolute atomic E-state index is 12.9. The molecule has 0 saturated carbocycles. The smallest absolute Gasteiger partial charge is 0.243 e. The van der Waals surface area contributed by atoms with Gasteiger partial charge in [-0.3, -0.25) is 9.59 Å². The third-order valence-electron chi connectivity index (χ3n) is 4.55. The summed E-state index contributed by atoms with van der Waals surface area (Å²) in [6, 6.07) is 12.3. The lowest BCUT2D eigenvalue weighted by Crippen LogP contribution is -2.45. The number of thiophene rings is 1. The van der Waals surface area contributed by atoms with Crippen LogP contribution in [0.1, 0.15) is 22.0 Å². The van der Waals surface area contributed by atoms with Gasteiger partial charge in [0.15, 0.2) is 0 Å². The van der Waals surface area contributed by atoms with E-state index in [2.05, 4.69) is 23.6 Å². The molecule has 0 spiro atoms. The number of nitrogens with zero attached hydrogens (tertiary/aromatic N) is 2. The molecule has 2 aliphatic heterocycles. The van der Waals surface area contributed by atoms with Crippen molar-refractivity contribution in [3.8, 4) is 0 Å². The molecule has 1 saturated heterocycles. The average molecular weight is 358 g/mol. The first kappa shape index (κ1) is 15.7. The third-order valence-corrected chi connectivity index (χ3v) is 6.49. The van der Waals surface area contributed by atoms with Gasteiger partial charge in [-0.25, -0.2) is 0 Å². The molecule has 0 bridgehead atoms. The Hall–Kier alpha value is -1.79. The van der Waals surface area contributed by atoms with Crippen LogP contribution >= 0.6 is 23.1 Å². The first-order valence-electron chi connectivity index (χ1n) is 8.00. The van der Waals surface area contributed by atoms with Gasteiger partial charge >= 0.3 is 0 Å². The maximum atomic E-state index is 12.9. The summed E-state index contributed by atoms with van der Waals surface area (Å²) in [6.07, 6.45) is 0.894. The fourth-order valence-corrected chi connectivity index (χ4v) is 5.18. The predicted octanol–water partition coefficient (Wildman–Crippen LogP) is 2.76. The molecule has 1 aromatic heterocycles. The molecule has 1 fully saturated rings. The van der Waals surface area contributed by atoms with Gasteiger partial charge in [-0.2, -0.15) is 0 Å². The van der Waals surface area contributed by atoms with Gasteiger partial charge in [-0.05, 0) is 29.0 Å². The molecule has 2 aromatic rings. The van der Waals surface area contributed by atoms with Crippen LogP contribution in [0, 0.1) is 0 Å². The zero-order valence-corrected chi connectivity index (χ0v) is 14.8. The highest BCUT2D eigenvalue weighted by Gasteiger charge is 2.34. The summed E-state index contributed by atoms with van der Waals surface area (Å²) in [6.45, 7) is 0.899. The Kier molecular flexibility index (Phi) is 4.33. The van der Waals surface area contributed by atoms with Gasteiger partial charge in [-0.15, -0.1) is 23.1 Å². The number of hydrogen-bond acceptors (Lipinski definition) is 4. The zero-order valence-electron chi connectivity index (χ0n) is 13.2. The van der Waals surface area contributed by atoms with Crippen molar-refractivity contribution in [3.05, 3.63) is 57.8 Å². The maximum Gasteiger partial charge on any atom is 0.243 e. The first-order valence-corrected chi connectivity index (χ1v) is 10.0. The van der Waals surface area contributed by atoms with E-state index in [0.29, 0.717) is 18.2 Å². The fraction of sp³-hybridized carbons (Fsp3) is 0.333. The highest BCUT2D eigenvalue weighted by atomic mass is 32.2. The molecule has 124 valence electrons. The number of rotatable bonds is 3. The lowest BCUT2D eigenvalue weighted by atomic mass is 9.93. The summed E-state index contributed by atoms with van der Waals surface area (Å²) in [7, 11) is 0. The molecular formula is C18H18N2O2S2. The molecule has 4 nitrogen and oxygen atoms in total. The van der Waals surface area contributed by atoms with E-state index in [0.717, 1.165) is 12.0 Å². The van der Waals surface area contributed by atoms with Crippen molar-refractivity contribution in [2.75, 3.05) is 24.7 Å². The van der Waals surface area contributed by atoms with Crippen molar-refractivity contribution in [2.45, 2.75) is 12.5 Å². The average Bonchev–Trinajstić information content (AvgIpc) is 3.24. The molecule has 0 aliphatic carbocycles. The molecule has 6 heteroatoms. The Morgan fingerprint density at radius 2 is 2.04 bits per heavy atom. The molecule has 3 heterocycles. The number of carbonyl (C=O) groups is 2. The molecule has 0 N–H and O–H groups in total. The lowest BCUT2D eigenvalue weighted by molar-refractivity contribution is -0.139. The Balaban J connectivity index is 1.63. The van der Waals surface area contributed by atoms with Gasteiger partial charge in [0.25, 0.3) is 0 Å². The normalized spacial score (nSPS) is 20.3. The van der Waals surface area contributed by atoms with E-state index in [-0.39, 0.29) is 24.4 Å². The van der Waals surface area contributed by atoms with E-state index < -0.39 is 0 Å². The topological polar surface area (TPSA) is 40.6 Å². The van der Waals surface area contributed by atoms with Gasteiger partial charge in [-0.1, -0.05) is 30.3 Å². The number of amides is 2. The summed E-state index contributed by atoms with van der Waals surface area (Å²) in [5, 5.41) is 2.11. The van der Waals surface area contributed by atoms with E-state index in [9.17, 15) is 9.59 Å². The SMILES string of the molecule is O=C1CSCN1CC(=O)N1CCc2sccc2[C@H]1c1ccccc1. The number of hydrogen-bond donors (Lipinski definition) is 0. The summed E-state index contributed by atoms with van der Waals surface area (Å²) in [4.78, 5) is 29.8. The Bertz CT molecular complexity index is 759. The van der Waals surface area contributed by atoms with Crippen LogP contribution in [0.15, 0.2) is 41.8 Å². The van der Waals surface area contributed by atoms with Crippen LogP contribution in [0.5, 0.6) is 0 Å². The number of thioether (sulfide) groups is 1. The minimum atomic E-state index is -0.0425. The second-order valence-electron chi connectivity index (χ2n) is 6.02. The van der Waals surface area contributed by atoms with E-state index in [1.807, 2.05) is 23.1 Å². The predicted molar refractivity (Wildman–Crippen MR) is 97.1 cm³/mol. The van der Waals surface area contributed by atoms with Crippen LogP contribution in [-0.2, 0) is 16.0 Å². The molecule has 1 aromatic carbocycles. The van der Waals surface area contributed by atoms with Gasteiger partial charge in [0, 0.05) is 11.4 Å². The molecular weight excluding hydrogens is 340 g/mol. The Labute approximate surface area is 149 Å². The van der Waals surface area contributed by atoms with Crippen LogP contribution in [0.3, 0.4) is 0 Å². The number of carbonyl (C=O) groups excluding carboxylic acids is 2. The minimum Gasteiger partial charge on any atom is -0.330 e. The van der Waals surface area contributed by atoms with Crippen molar-refractivity contribution >= 4 is 34.9 Å². The van der Waals surface area contributed by atoms with Crippen molar-refractivity contribution in [1.82, 2.24) is 9.80 Å². The number of fused-ring (bicyclic) bond motifs is 1. The van der Waals surface area contributed by atoms with Crippen LogP contribution in [0.2, 0.25) is 0 Å². The van der Waals surface area contributed by atoms with Crippen LogP contribution in [0.25, 0.3) is 0 Å². The molecule has 0 radical (unpaired) electrons. The summed E-state index contributed by atoms with van der Waals surface area (Å²) in [5.74, 6) is 1.22. The largest absolute Gasteiger partial charge is 0.330 e. The van der Waals surface area contributed by atoms with E-state index in [1.165, 1.54) is 10.4 Å². The molecule has 0 unspecified atom stereocenters. The summed E-state index contributed by atoms with van der Waals surface area (Å²) < 4.78 is 0. The van der Waals surface area contributed by atoms with Crippen molar-refractivity contribution in [1.29, 1.82) is 0 Å². The first-order chi connectivity index (χ1) is 11.7. The van der Waals surface area contributed by atoms with E-state index in [1.54, 1.807) is 28.0 Å². The van der Waals surface area contributed by atoms with Crippen molar-refractivity contribution in [2.24, 2.45) is 0 Å². The fourth-order valence-electron chi connectivity index (χ4n) is 3.37. The van der Waals surface area contributed by atoms with E-state index >= 15 is 0 Å². The van der Waals surface area contributed by atoms with Crippen LogP contribution in [0.4, 0.5) is 0 Å². The Morgan fingerprint density at radius 3 is 2.79 bits per heavy atom. The minimum absolute atomic E-state index is 0.0385. The standard InChI is InChI=1S/C18H18N2O2S2/c21-16(10-19-12-23-11-17(19)22)20-8-6-15-14(7-9-24-15)18(20)13-4-2-1-3-5-13/h1-5,7,9,18H,6,8,10-12H2/t18-/m1/s1. The zero-order chi connectivity index (χ0) is 16.5. The summed E-state index contributed by atoms with van der Waals surface area (Å²) in [5.41, 5.74) is 2.36. The van der Waals surface area contributed by atoms with E-state index in [4.69, 9.17) is 0 Å². The van der Waals surface area contributed by atoms with Crippen LogP contribution in [-0.4, -0.2) is 46.3 Å². The Morgan fingerprint density at radius 1 is 1.21 bits per heavy atom. The van der Waals surface area contributed by atoms with Gasteiger partial charge in [0.1, 0.15) is 6.54 Å². The second kappa shape index (κ2) is 6.61. The molecule has 2 amide bonds. The van der Waals surface area contributed by atoms with Crippen molar-refractivity contribution in [3.63, 3.8) is 0 Å². The second-order valence-corrected chi connectivity index (χ2v) is 7.97. The summed E-state index contributed by atoms with van der Waals surface area (Å²) >= 11 is 3.34. The monoisotopic (exact) mass is 358 g/mol. The molecule has 1 atom stereocenters. The van der Waals surface area contributed by atoms with Crippen molar-refractivity contribution < 1.29 is 9.59 Å². The van der Waals surface area contributed by atoms with Gasteiger partial charge < -0.3 is 9.80 Å². The van der Waals surface area contributed by atoms with Crippen LogP contribution < -0.4 is 0 Å². The highest BCUT2D eigenvalue weighted by molar-refractivity contribution is 8.00. The number of benzene rings is 1. The highest BCUT2D eigenvalue weighted by Crippen LogP contribution is 2.37. The third kappa shape index (κ3) is 2.84. The molecule has 24 heavy (non-hydrogen) atoms. The molecule has 2 aliphatic rings. The van der Waals surface area contributed by atoms with Gasteiger partial charge in [0.2, 0.25) is 11.8 Å².